The highest BCUT2D eigenvalue weighted by molar-refractivity contribution is 6.43. The maximum absolute atomic E-state index is 13.3. The third-order valence-corrected chi connectivity index (χ3v) is 5.04. The van der Waals surface area contributed by atoms with Gasteiger partial charge in [0.2, 0.25) is 0 Å². The van der Waals surface area contributed by atoms with Crippen molar-refractivity contribution >= 4 is 17.7 Å². The molecular weight excluding hydrogens is 392 g/mol. The van der Waals surface area contributed by atoms with E-state index in [4.69, 9.17) is 4.74 Å². The number of likely N-dealkylation sites (N-methyl/N-ethyl adjacent to an activating group) is 1. The van der Waals surface area contributed by atoms with E-state index in [0.717, 1.165) is 5.56 Å². The number of hydrogen-bond acceptors (Lipinski definition) is 4. The number of ether oxygens (including phenoxy) is 1. The van der Waals surface area contributed by atoms with Crippen molar-refractivity contribution in [3.8, 4) is 11.1 Å². The molecule has 1 aromatic heterocycles. The van der Waals surface area contributed by atoms with E-state index >= 15 is 0 Å². The predicted molar refractivity (Wildman–Crippen MR) is 119 cm³/mol. The van der Waals surface area contributed by atoms with E-state index in [-0.39, 0.29) is 17.9 Å². The fourth-order valence-corrected chi connectivity index (χ4v) is 3.53. The molecule has 0 unspecified atom stereocenters. The molecule has 0 fully saturated rings. The fraction of sp³-hybridized carbons (Fsp3) is 0.240. The topological polar surface area (TPSA) is 79.5 Å². The highest BCUT2D eigenvalue weighted by Crippen LogP contribution is 2.31. The molecule has 6 nitrogen and oxygen atoms in total. The van der Waals surface area contributed by atoms with Gasteiger partial charge in [0.15, 0.2) is 0 Å². The van der Waals surface area contributed by atoms with Gasteiger partial charge >= 0.3 is 5.97 Å². The number of benzene rings is 2. The highest BCUT2D eigenvalue weighted by Gasteiger charge is 2.31. The van der Waals surface area contributed by atoms with Crippen molar-refractivity contribution < 1.29 is 19.1 Å². The van der Waals surface area contributed by atoms with Crippen molar-refractivity contribution in [3.63, 3.8) is 0 Å². The summed E-state index contributed by atoms with van der Waals surface area (Å²) >= 11 is 0. The van der Waals surface area contributed by atoms with E-state index in [1.165, 1.54) is 4.90 Å². The molecule has 6 heteroatoms. The van der Waals surface area contributed by atoms with Crippen molar-refractivity contribution in [2.45, 2.75) is 27.3 Å². The average molecular weight is 418 g/mol. The van der Waals surface area contributed by atoms with E-state index in [1.807, 2.05) is 55.5 Å². The number of aromatic amines is 1. The smallest absolute Gasteiger partial charge is 0.340 e. The monoisotopic (exact) mass is 418 g/mol. The molecule has 0 bridgehead atoms. The van der Waals surface area contributed by atoms with E-state index in [1.54, 1.807) is 26.0 Å². The number of carbonyl (C=O) groups excluding carboxylic acids is 3. The first-order valence-electron chi connectivity index (χ1n) is 10.3. The number of carbonyl (C=O) groups is 3. The number of hydrogen-bond donors (Lipinski definition) is 1. The van der Waals surface area contributed by atoms with Gasteiger partial charge in [0, 0.05) is 24.3 Å². The molecular formula is C25H26N2O4. The molecule has 0 aliphatic heterocycles. The number of aromatic nitrogens is 1. The number of nitrogens with zero attached hydrogens (tertiary/aromatic N) is 1. The number of rotatable bonds is 8. The lowest BCUT2D eigenvalue weighted by molar-refractivity contribution is -0.126. The molecule has 0 radical (unpaired) electrons. The van der Waals surface area contributed by atoms with Gasteiger partial charge < -0.3 is 14.6 Å². The van der Waals surface area contributed by atoms with Crippen LogP contribution in [-0.2, 0) is 16.1 Å². The number of ketones is 1. The molecule has 31 heavy (non-hydrogen) atoms. The molecule has 1 heterocycles. The molecule has 0 aliphatic carbocycles. The van der Waals surface area contributed by atoms with Crippen molar-refractivity contribution in [2.75, 3.05) is 13.2 Å². The Morgan fingerprint density at radius 2 is 1.55 bits per heavy atom. The van der Waals surface area contributed by atoms with Crippen LogP contribution in [0.25, 0.3) is 11.1 Å². The molecule has 0 saturated carbocycles. The van der Waals surface area contributed by atoms with Gasteiger partial charge in [0.1, 0.15) is 5.69 Å². The second kappa shape index (κ2) is 9.89. The number of Topliss-reactive ketones (excluding diaryl/α,β-unsaturated/α-hetero) is 1. The maximum atomic E-state index is 13.3. The Bertz CT molecular complexity index is 1070. The van der Waals surface area contributed by atoms with Gasteiger partial charge in [-0.15, -0.1) is 0 Å². The summed E-state index contributed by atoms with van der Waals surface area (Å²) in [6.45, 7) is 6.16. The highest BCUT2D eigenvalue weighted by atomic mass is 16.5. The summed E-state index contributed by atoms with van der Waals surface area (Å²) in [4.78, 5) is 43.5. The summed E-state index contributed by atoms with van der Waals surface area (Å²) in [5, 5.41) is 0. The maximum Gasteiger partial charge on any atom is 0.340 e. The molecule has 3 rings (SSSR count). The third kappa shape index (κ3) is 4.74. The Labute approximate surface area is 181 Å². The fourth-order valence-electron chi connectivity index (χ4n) is 3.53. The van der Waals surface area contributed by atoms with E-state index < -0.39 is 17.7 Å². The predicted octanol–water partition coefficient (Wildman–Crippen LogP) is 4.40. The number of esters is 1. The summed E-state index contributed by atoms with van der Waals surface area (Å²) < 4.78 is 5.21. The standard InChI is InChI=1S/C25H26N2O4/c1-4-27(16-18-12-8-6-9-13-18)24(29)23(28)22-21(19-14-10-7-11-15-19)20(17(3)26-22)25(30)31-5-2/h6-15,26H,4-5,16H2,1-3H3. The number of H-pyrrole nitrogens is 1. The van der Waals surface area contributed by atoms with E-state index in [9.17, 15) is 14.4 Å². The van der Waals surface area contributed by atoms with Gasteiger partial charge in [-0.3, -0.25) is 9.59 Å². The summed E-state index contributed by atoms with van der Waals surface area (Å²) in [7, 11) is 0. The molecule has 0 aliphatic rings. The van der Waals surface area contributed by atoms with Crippen LogP contribution in [0.2, 0.25) is 0 Å². The molecule has 160 valence electrons. The van der Waals surface area contributed by atoms with Gasteiger partial charge in [-0.25, -0.2) is 4.79 Å². The van der Waals surface area contributed by atoms with Crippen molar-refractivity contribution in [1.82, 2.24) is 9.88 Å². The zero-order valence-corrected chi connectivity index (χ0v) is 18.0. The van der Waals surface area contributed by atoms with Crippen LogP contribution in [0.1, 0.15) is 46.0 Å². The lowest BCUT2D eigenvalue weighted by atomic mass is 9.98. The van der Waals surface area contributed by atoms with Gasteiger partial charge in [0.25, 0.3) is 11.7 Å². The van der Waals surface area contributed by atoms with Crippen LogP contribution in [0.3, 0.4) is 0 Å². The van der Waals surface area contributed by atoms with Crippen LogP contribution in [0, 0.1) is 6.92 Å². The average Bonchev–Trinajstić information content (AvgIpc) is 3.15. The Balaban J connectivity index is 2.02. The minimum absolute atomic E-state index is 0.100. The summed E-state index contributed by atoms with van der Waals surface area (Å²) in [6, 6.07) is 18.6. The molecule has 2 aromatic carbocycles. The summed E-state index contributed by atoms with van der Waals surface area (Å²) in [6.07, 6.45) is 0. The largest absolute Gasteiger partial charge is 0.462 e. The molecule has 1 amide bonds. The van der Waals surface area contributed by atoms with Gasteiger partial charge in [-0.05, 0) is 31.9 Å². The summed E-state index contributed by atoms with van der Waals surface area (Å²) in [5.74, 6) is -1.84. The molecule has 0 spiro atoms. The van der Waals surface area contributed by atoms with Crippen LogP contribution in [0.4, 0.5) is 0 Å². The Morgan fingerprint density at radius 1 is 0.935 bits per heavy atom. The third-order valence-electron chi connectivity index (χ3n) is 5.04. The molecule has 1 N–H and O–H groups in total. The second-order valence-corrected chi connectivity index (χ2v) is 7.10. The molecule has 0 saturated heterocycles. The Morgan fingerprint density at radius 3 is 2.13 bits per heavy atom. The Kier molecular flexibility index (Phi) is 7.03. The zero-order valence-electron chi connectivity index (χ0n) is 18.0. The first kappa shape index (κ1) is 22.0. The number of amides is 1. The first-order chi connectivity index (χ1) is 15.0. The summed E-state index contributed by atoms with van der Waals surface area (Å²) in [5.41, 5.74) is 2.85. The lowest BCUT2D eigenvalue weighted by Crippen LogP contribution is -2.36. The molecule has 0 atom stereocenters. The number of aryl methyl sites for hydroxylation is 1. The van der Waals surface area contributed by atoms with Gasteiger partial charge in [-0.1, -0.05) is 60.7 Å². The van der Waals surface area contributed by atoms with Gasteiger partial charge in [-0.2, -0.15) is 0 Å². The van der Waals surface area contributed by atoms with E-state index in [2.05, 4.69) is 4.98 Å². The SMILES string of the molecule is CCOC(=O)c1c(C)[nH]c(C(=O)C(=O)N(CC)Cc2ccccc2)c1-c1ccccc1. The van der Waals surface area contributed by atoms with Crippen LogP contribution in [0.5, 0.6) is 0 Å². The van der Waals surface area contributed by atoms with Crippen molar-refractivity contribution in [3.05, 3.63) is 83.2 Å². The van der Waals surface area contributed by atoms with Gasteiger partial charge in [0.05, 0.1) is 12.2 Å². The second-order valence-electron chi connectivity index (χ2n) is 7.10. The van der Waals surface area contributed by atoms with Crippen LogP contribution in [0.15, 0.2) is 60.7 Å². The van der Waals surface area contributed by atoms with Crippen LogP contribution in [-0.4, -0.2) is 40.7 Å². The lowest BCUT2D eigenvalue weighted by Gasteiger charge is -2.20. The minimum atomic E-state index is -0.685. The number of nitrogens with one attached hydrogen (secondary N) is 1. The van der Waals surface area contributed by atoms with Crippen LogP contribution < -0.4 is 0 Å². The normalized spacial score (nSPS) is 10.5. The Hall–Kier alpha value is -3.67. The van der Waals surface area contributed by atoms with Crippen molar-refractivity contribution in [1.29, 1.82) is 0 Å². The van der Waals surface area contributed by atoms with Crippen molar-refractivity contribution in [2.24, 2.45) is 0 Å². The molecule has 3 aromatic rings. The minimum Gasteiger partial charge on any atom is -0.462 e. The zero-order chi connectivity index (χ0) is 22.4. The first-order valence-corrected chi connectivity index (χ1v) is 10.3. The van der Waals surface area contributed by atoms with Crippen LogP contribution >= 0.6 is 0 Å². The van der Waals surface area contributed by atoms with E-state index in [0.29, 0.717) is 29.9 Å². The quantitative estimate of drug-likeness (QED) is 0.334.